The summed E-state index contributed by atoms with van der Waals surface area (Å²) in [4.78, 5) is 3.66. The van der Waals surface area contributed by atoms with Gasteiger partial charge < -0.3 is 4.98 Å². The summed E-state index contributed by atoms with van der Waals surface area (Å²) in [6.45, 7) is 0. The Bertz CT molecular complexity index is 84.4. The van der Waals surface area contributed by atoms with Crippen LogP contribution in [0.4, 0.5) is 0 Å². The van der Waals surface area contributed by atoms with Crippen LogP contribution in [0.2, 0.25) is 0 Å². The molecular weight excluding hydrogens is 168 g/mol. The molecule has 1 heterocycles. The van der Waals surface area contributed by atoms with Crippen molar-refractivity contribution >= 4 is 10.2 Å². The molecule has 47 valence electrons. The second-order valence-corrected chi connectivity index (χ2v) is 0.959. The van der Waals surface area contributed by atoms with Crippen molar-refractivity contribution in [2.75, 3.05) is 0 Å². The van der Waals surface area contributed by atoms with Crippen molar-refractivity contribution < 1.29 is 14.6 Å². The van der Waals surface area contributed by atoms with Gasteiger partial charge in [0.15, 0.2) is 0 Å². The molecule has 0 aromatic carbocycles. The van der Waals surface area contributed by atoms with E-state index >= 15 is 0 Å². The van der Waals surface area contributed by atoms with E-state index in [1.165, 1.54) is 0 Å². The molecule has 8 heavy (non-hydrogen) atoms. The maximum atomic E-state index is 4.26. The smallest absolute Gasteiger partial charge is 0.0813 e. The van der Waals surface area contributed by atoms with Gasteiger partial charge in [0, 0.05) is 0 Å². The van der Waals surface area contributed by atoms with Crippen molar-refractivity contribution in [1.82, 2.24) is 4.98 Å². The third-order valence-corrected chi connectivity index (χ3v) is 0.517. The molecule has 0 aliphatic rings. The molecule has 0 aliphatic carbocycles. The van der Waals surface area contributed by atoms with Gasteiger partial charge in [-0.1, -0.05) is 12.4 Å². The summed E-state index contributed by atoms with van der Waals surface area (Å²) in [5, 5.41) is 0. The van der Waals surface area contributed by atoms with Crippen LogP contribution in [0.1, 0.15) is 0 Å². The topological polar surface area (TPSA) is 12.9 Å². The summed E-state index contributed by atoms with van der Waals surface area (Å²) >= 11 is 3.35. The number of hydrogen-bond donors (Lipinski definition) is 0. The van der Waals surface area contributed by atoms with Crippen molar-refractivity contribution in [3.8, 4) is 0 Å². The Kier molecular flexibility index (Phi) is 6.88. The molecule has 0 radical (unpaired) electrons. The SMILES string of the molecule is [Cl][Ni].[c-]1ccccn1. The first-order chi connectivity index (χ1) is 4.00. The molecule has 1 aromatic rings. The third-order valence-electron chi connectivity index (χ3n) is 0.517. The number of hydrogen-bond acceptors (Lipinski definition) is 1. The Labute approximate surface area is 60.7 Å². The Morgan fingerprint density at radius 2 is 2.12 bits per heavy atom. The van der Waals surface area contributed by atoms with Gasteiger partial charge in [0.25, 0.3) is 0 Å². The van der Waals surface area contributed by atoms with E-state index < -0.39 is 0 Å². The summed E-state index contributed by atoms with van der Waals surface area (Å²) in [6.07, 6.45) is 4.34. The second kappa shape index (κ2) is 6.93. The minimum absolute atomic E-state index is 1.69. The van der Waals surface area contributed by atoms with Gasteiger partial charge in [0.1, 0.15) is 0 Å². The minimum atomic E-state index is 1.69. The molecule has 0 aliphatic heterocycles. The molecule has 1 nitrogen and oxygen atoms in total. The van der Waals surface area contributed by atoms with E-state index in [1.807, 2.05) is 12.1 Å². The van der Waals surface area contributed by atoms with Crippen molar-refractivity contribution in [3.05, 3.63) is 30.6 Å². The average Bonchev–Trinajstić information content (AvgIpc) is 1.96. The number of halogens is 1. The Balaban J connectivity index is 0.000000222. The molecule has 0 saturated heterocycles. The van der Waals surface area contributed by atoms with Crippen LogP contribution in [-0.2, 0) is 14.6 Å². The quantitative estimate of drug-likeness (QED) is 0.427. The summed E-state index contributed by atoms with van der Waals surface area (Å²) in [7, 11) is 4.26. The molecule has 0 saturated carbocycles. The number of pyridine rings is 1. The summed E-state index contributed by atoms with van der Waals surface area (Å²) in [5.74, 6) is 0. The van der Waals surface area contributed by atoms with Crippen LogP contribution in [0.25, 0.3) is 0 Å². The molecule has 0 amide bonds. The van der Waals surface area contributed by atoms with Gasteiger partial charge in [-0.2, -0.15) is 18.2 Å². The third kappa shape index (κ3) is 4.10. The van der Waals surface area contributed by atoms with Gasteiger partial charge in [-0.15, -0.1) is 0 Å². The van der Waals surface area contributed by atoms with E-state index in [-0.39, 0.29) is 0 Å². The van der Waals surface area contributed by atoms with Crippen LogP contribution < -0.4 is 0 Å². The van der Waals surface area contributed by atoms with Crippen LogP contribution in [-0.4, -0.2) is 4.98 Å². The van der Waals surface area contributed by atoms with E-state index in [9.17, 15) is 0 Å². The van der Waals surface area contributed by atoms with Crippen molar-refractivity contribution in [1.29, 1.82) is 0 Å². The maximum Gasteiger partial charge on any atom is -0.0813 e. The van der Waals surface area contributed by atoms with E-state index in [0.29, 0.717) is 0 Å². The zero-order valence-corrected chi connectivity index (χ0v) is 5.69. The van der Waals surface area contributed by atoms with Crippen LogP contribution in [0, 0.1) is 6.20 Å². The van der Waals surface area contributed by atoms with Crippen molar-refractivity contribution in [3.63, 3.8) is 0 Å². The Hall–Kier alpha value is -0.0665. The van der Waals surface area contributed by atoms with Gasteiger partial charge in [0.2, 0.25) is 0 Å². The molecule has 0 spiro atoms. The molecular formula is C5H4ClNNi-. The van der Waals surface area contributed by atoms with E-state index in [1.54, 1.807) is 12.3 Å². The summed E-state index contributed by atoms with van der Waals surface area (Å²) < 4.78 is 0. The Morgan fingerprint density at radius 1 is 1.38 bits per heavy atom. The Morgan fingerprint density at radius 3 is 2.25 bits per heavy atom. The minimum Gasteiger partial charge on any atom is -0.394 e. The van der Waals surface area contributed by atoms with E-state index in [4.69, 9.17) is 0 Å². The fraction of sp³-hybridized carbons (Fsp3) is 0. The van der Waals surface area contributed by atoms with E-state index in [0.717, 1.165) is 0 Å². The van der Waals surface area contributed by atoms with Crippen molar-refractivity contribution in [2.45, 2.75) is 0 Å². The molecule has 1 aromatic heterocycles. The van der Waals surface area contributed by atoms with Crippen molar-refractivity contribution in [2.24, 2.45) is 0 Å². The fourth-order valence-corrected chi connectivity index (χ4v) is 0.277. The zero-order chi connectivity index (χ0) is 6.24. The number of rotatable bonds is 0. The standard InChI is InChI=1S/C5H4N.ClH.Ni/c1-2-4-6-5-3-1;;/h1-4H;1H;/q-1;;+1/p-1. The summed E-state index contributed by atoms with van der Waals surface area (Å²) in [6, 6.07) is 5.50. The first-order valence-corrected chi connectivity index (χ1v) is 3.25. The second-order valence-electron chi connectivity index (χ2n) is 0.959. The molecule has 0 unspecified atom stereocenters. The van der Waals surface area contributed by atoms with Gasteiger partial charge in [-0.05, 0) is 0 Å². The molecule has 3 heteroatoms. The first kappa shape index (κ1) is 7.93. The predicted molar refractivity (Wildman–Crippen MR) is 28.9 cm³/mol. The first-order valence-electron chi connectivity index (χ1n) is 1.89. The largest absolute Gasteiger partial charge is 0.394 e. The predicted octanol–water partition coefficient (Wildman–Crippen LogP) is 1.57. The van der Waals surface area contributed by atoms with Crippen LogP contribution in [0.15, 0.2) is 24.4 Å². The van der Waals surface area contributed by atoms with Gasteiger partial charge in [-0.3, -0.25) is 0 Å². The van der Waals surface area contributed by atoms with Gasteiger partial charge >= 0.3 is 24.8 Å². The number of nitrogens with zero attached hydrogens (tertiary/aromatic N) is 1. The van der Waals surface area contributed by atoms with Crippen LogP contribution >= 0.6 is 10.2 Å². The molecule has 0 bridgehead atoms. The molecule has 0 fully saturated rings. The van der Waals surface area contributed by atoms with Gasteiger partial charge in [0.05, 0.1) is 0 Å². The van der Waals surface area contributed by atoms with Gasteiger partial charge in [-0.25, -0.2) is 0 Å². The number of aromatic nitrogens is 1. The van der Waals surface area contributed by atoms with E-state index in [2.05, 4.69) is 35.9 Å². The monoisotopic (exact) mass is 171 g/mol. The molecule has 0 atom stereocenters. The van der Waals surface area contributed by atoms with Crippen LogP contribution in [0.5, 0.6) is 0 Å². The summed E-state index contributed by atoms with van der Waals surface area (Å²) in [5.41, 5.74) is 0. The molecule has 1 rings (SSSR count). The average molecular weight is 172 g/mol. The normalized spacial score (nSPS) is 6.88. The molecule has 0 N–H and O–H groups in total. The maximum absolute atomic E-state index is 4.26. The fourth-order valence-electron chi connectivity index (χ4n) is 0.277. The zero-order valence-electron chi connectivity index (χ0n) is 3.95. The van der Waals surface area contributed by atoms with Crippen LogP contribution in [0.3, 0.4) is 0 Å².